The first-order chi connectivity index (χ1) is 9.49. The van der Waals surface area contributed by atoms with Gasteiger partial charge in [0.15, 0.2) is 0 Å². The second-order valence-corrected chi connectivity index (χ2v) is 4.90. The molecule has 0 fully saturated rings. The Labute approximate surface area is 121 Å². The Morgan fingerprint density at radius 3 is 2.55 bits per heavy atom. The Morgan fingerprint density at radius 2 is 1.90 bits per heavy atom. The van der Waals surface area contributed by atoms with Gasteiger partial charge in [0.1, 0.15) is 5.82 Å². The lowest BCUT2D eigenvalue weighted by Gasteiger charge is -2.18. The molecule has 0 aliphatic heterocycles. The number of para-hydroxylation sites is 1. The molecule has 0 radical (unpaired) electrons. The van der Waals surface area contributed by atoms with Crippen molar-refractivity contribution in [1.82, 2.24) is 4.90 Å². The van der Waals surface area contributed by atoms with E-state index in [-0.39, 0.29) is 17.4 Å². The van der Waals surface area contributed by atoms with Gasteiger partial charge in [-0.1, -0.05) is 29.8 Å². The van der Waals surface area contributed by atoms with Gasteiger partial charge in [0.2, 0.25) is 0 Å². The summed E-state index contributed by atoms with van der Waals surface area (Å²) in [6.07, 6.45) is 0. The lowest BCUT2D eigenvalue weighted by molar-refractivity contribution is 0.0786. The molecule has 2 rings (SSSR count). The molecule has 0 atom stereocenters. The van der Waals surface area contributed by atoms with Gasteiger partial charge >= 0.3 is 0 Å². The molecule has 2 N–H and O–H groups in total. The summed E-state index contributed by atoms with van der Waals surface area (Å²) < 4.78 is 12.8. The Kier molecular flexibility index (Phi) is 4.25. The van der Waals surface area contributed by atoms with Crippen molar-refractivity contribution < 1.29 is 9.18 Å². The van der Waals surface area contributed by atoms with E-state index in [1.807, 2.05) is 0 Å². The number of nitrogens with two attached hydrogens (primary N) is 1. The second kappa shape index (κ2) is 5.92. The van der Waals surface area contributed by atoms with Crippen LogP contribution in [0, 0.1) is 5.82 Å². The van der Waals surface area contributed by atoms with Gasteiger partial charge in [0, 0.05) is 13.6 Å². The first-order valence-corrected chi connectivity index (χ1v) is 6.40. The maximum absolute atomic E-state index is 12.8. The summed E-state index contributed by atoms with van der Waals surface area (Å²) in [6, 6.07) is 10.9. The van der Waals surface area contributed by atoms with Crippen LogP contribution in [0.15, 0.2) is 42.5 Å². The van der Waals surface area contributed by atoms with Crippen LogP contribution in [0.1, 0.15) is 15.9 Å². The third kappa shape index (κ3) is 3.08. The smallest absolute Gasteiger partial charge is 0.256 e. The number of amides is 1. The van der Waals surface area contributed by atoms with Gasteiger partial charge in [-0.25, -0.2) is 4.39 Å². The van der Waals surface area contributed by atoms with Crippen LogP contribution in [0.5, 0.6) is 0 Å². The summed E-state index contributed by atoms with van der Waals surface area (Å²) in [7, 11) is 1.66. The molecule has 5 heteroatoms. The van der Waals surface area contributed by atoms with Crippen LogP contribution in [-0.4, -0.2) is 17.9 Å². The minimum Gasteiger partial charge on any atom is -0.397 e. The van der Waals surface area contributed by atoms with Crippen molar-refractivity contribution in [3.8, 4) is 0 Å². The predicted octanol–water partition coefficient (Wildman–Crippen LogP) is 3.33. The first kappa shape index (κ1) is 14.3. The minimum atomic E-state index is -0.304. The highest BCUT2D eigenvalue weighted by molar-refractivity contribution is 6.33. The normalized spacial score (nSPS) is 10.3. The van der Waals surface area contributed by atoms with Gasteiger partial charge in [-0.15, -0.1) is 0 Å². The molecule has 2 aromatic carbocycles. The van der Waals surface area contributed by atoms with Gasteiger partial charge in [-0.2, -0.15) is 0 Å². The molecule has 20 heavy (non-hydrogen) atoms. The zero-order chi connectivity index (χ0) is 14.7. The molecule has 0 spiro atoms. The van der Waals surface area contributed by atoms with Gasteiger partial charge in [0.25, 0.3) is 5.91 Å². The van der Waals surface area contributed by atoms with Crippen LogP contribution in [0.2, 0.25) is 5.02 Å². The molecule has 0 aromatic heterocycles. The molecule has 2 aromatic rings. The summed E-state index contributed by atoms with van der Waals surface area (Å²) in [6.45, 7) is 0.366. The lowest BCUT2D eigenvalue weighted by atomic mass is 10.1. The van der Waals surface area contributed by atoms with Crippen LogP contribution in [-0.2, 0) is 6.54 Å². The van der Waals surface area contributed by atoms with Crippen LogP contribution in [0.4, 0.5) is 10.1 Å². The fraction of sp³-hybridized carbons (Fsp3) is 0.133. The van der Waals surface area contributed by atoms with E-state index >= 15 is 0 Å². The minimum absolute atomic E-state index is 0.227. The van der Waals surface area contributed by atoms with Crippen molar-refractivity contribution in [2.24, 2.45) is 0 Å². The molecule has 0 heterocycles. The monoisotopic (exact) mass is 292 g/mol. The third-order valence-electron chi connectivity index (χ3n) is 2.96. The topological polar surface area (TPSA) is 46.3 Å². The highest BCUT2D eigenvalue weighted by atomic mass is 35.5. The van der Waals surface area contributed by atoms with E-state index in [1.54, 1.807) is 37.4 Å². The number of halogens is 2. The number of hydrogen-bond donors (Lipinski definition) is 1. The maximum atomic E-state index is 12.8. The molecular weight excluding hydrogens is 279 g/mol. The number of carbonyl (C=O) groups excluding carboxylic acids is 1. The van der Waals surface area contributed by atoms with Gasteiger partial charge in [-0.3, -0.25) is 4.79 Å². The molecule has 104 valence electrons. The number of rotatable bonds is 3. The zero-order valence-corrected chi connectivity index (χ0v) is 11.7. The summed E-state index contributed by atoms with van der Waals surface area (Å²) >= 11 is 5.90. The van der Waals surface area contributed by atoms with E-state index in [0.717, 1.165) is 5.56 Å². The fourth-order valence-electron chi connectivity index (χ4n) is 1.86. The average Bonchev–Trinajstić information content (AvgIpc) is 2.43. The number of nitrogens with zero attached hydrogens (tertiary/aromatic N) is 1. The molecule has 0 aliphatic rings. The highest BCUT2D eigenvalue weighted by Gasteiger charge is 2.16. The van der Waals surface area contributed by atoms with Crippen molar-refractivity contribution >= 4 is 23.2 Å². The molecule has 0 bridgehead atoms. The van der Waals surface area contributed by atoms with Crippen molar-refractivity contribution in [2.75, 3.05) is 12.8 Å². The number of nitrogen functional groups attached to an aromatic ring is 1. The number of carbonyl (C=O) groups is 1. The Morgan fingerprint density at radius 1 is 1.25 bits per heavy atom. The average molecular weight is 293 g/mol. The molecular formula is C15H14ClFN2O. The number of benzene rings is 2. The van der Waals surface area contributed by atoms with E-state index in [1.165, 1.54) is 17.0 Å². The third-order valence-corrected chi connectivity index (χ3v) is 3.29. The molecule has 1 amide bonds. The molecule has 0 unspecified atom stereocenters. The predicted molar refractivity (Wildman–Crippen MR) is 78.1 cm³/mol. The van der Waals surface area contributed by atoms with E-state index in [9.17, 15) is 9.18 Å². The Bertz CT molecular complexity index is 628. The van der Waals surface area contributed by atoms with Gasteiger partial charge in [0.05, 0.1) is 16.3 Å². The van der Waals surface area contributed by atoms with Crippen LogP contribution in [0.3, 0.4) is 0 Å². The number of anilines is 1. The van der Waals surface area contributed by atoms with Crippen LogP contribution >= 0.6 is 11.6 Å². The first-order valence-electron chi connectivity index (χ1n) is 6.03. The number of hydrogen-bond acceptors (Lipinski definition) is 2. The SMILES string of the molecule is CN(Cc1ccc(F)cc1)C(=O)c1cccc(Cl)c1N. The molecule has 0 saturated heterocycles. The van der Waals surface area contributed by atoms with Crippen molar-refractivity contribution in [1.29, 1.82) is 0 Å². The van der Waals surface area contributed by atoms with E-state index < -0.39 is 0 Å². The second-order valence-electron chi connectivity index (χ2n) is 4.49. The van der Waals surface area contributed by atoms with Crippen molar-refractivity contribution in [3.63, 3.8) is 0 Å². The van der Waals surface area contributed by atoms with E-state index in [4.69, 9.17) is 17.3 Å². The van der Waals surface area contributed by atoms with Crippen molar-refractivity contribution in [2.45, 2.75) is 6.54 Å². The zero-order valence-electron chi connectivity index (χ0n) is 10.9. The largest absolute Gasteiger partial charge is 0.397 e. The van der Waals surface area contributed by atoms with Crippen LogP contribution < -0.4 is 5.73 Å². The Hall–Kier alpha value is -2.07. The summed E-state index contributed by atoms with van der Waals surface area (Å²) in [5.74, 6) is -0.531. The highest BCUT2D eigenvalue weighted by Crippen LogP contribution is 2.23. The quantitative estimate of drug-likeness (QED) is 0.882. The lowest BCUT2D eigenvalue weighted by Crippen LogP contribution is -2.27. The maximum Gasteiger partial charge on any atom is 0.256 e. The Balaban J connectivity index is 2.16. The molecule has 0 aliphatic carbocycles. The van der Waals surface area contributed by atoms with Crippen molar-refractivity contribution in [3.05, 3.63) is 64.4 Å². The summed E-state index contributed by atoms with van der Waals surface area (Å²) in [5.41, 5.74) is 7.27. The molecule has 3 nitrogen and oxygen atoms in total. The van der Waals surface area contributed by atoms with Gasteiger partial charge < -0.3 is 10.6 Å². The van der Waals surface area contributed by atoms with E-state index in [0.29, 0.717) is 17.1 Å². The van der Waals surface area contributed by atoms with Gasteiger partial charge in [-0.05, 0) is 29.8 Å². The van der Waals surface area contributed by atoms with Crippen LogP contribution in [0.25, 0.3) is 0 Å². The molecule has 0 saturated carbocycles. The standard InChI is InChI=1S/C15H14ClFN2O/c1-19(9-10-5-7-11(17)8-6-10)15(20)12-3-2-4-13(16)14(12)18/h2-8H,9,18H2,1H3. The fourth-order valence-corrected chi connectivity index (χ4v) is 2.04. The summed E-state index contributed by atoms with van der Waals surface area (Å²) in [5, 5.41) is 0.353. The van der Waals surface area contributed by atoms with E-state index in [2.05, 4.69) is 0 Å². The summed E-state index contributed by atoms with van der Waals surface area (Å²) in [4.78, 5) is 13.8.